The molecule has 0 aliphatic carbocycles. The van der Waals surface area contributed by atoms with Crippen LogP contribution in [0.25, 0.3) is 0 Å². The van der Waals surface area contributed by atoms with Crippen molar-refractivity contribution in [2.24, 2.45) is 0 Å². The summed E-state index contributed by atoms with van der Waals surface area (Å²) >= 11 is 0. The number of aliphatic hydroxyl groups is 1. The van der Waals surface area contributed by atoms with Gasteiger partial charge in [0.1, 0.15) is 0 Å². The molecule has 2 amide bonds. The molecule has 2 aliphatic rings. The highest BCUT2D eigenvalue weighted by Crippen LogP contribution is 2.42. The van der Waals surface area contributed by atoms with Gasteiger partial charge >= 0.3 is 0 Å². The molecule has 8 heteroatoms. The van der Waals surface area contributed by atoms with Crippen LogP contribution in [0.2, 0.25) is 0 Å². The maximum Gasteiger partial charge on any atom is 0.251 e. The smallest absolute Gasteiger partial charge is 0.251 e. The molecular weight excluding hydrogens is 364 g/mol. The standard InChI is InChI=1S/C20H28N2O6/c1-26-16-10-14(11-17(27-2)19(16)28-3)22-18(24)12-15(20(22)25)21-8-5-4-6-13(21)7-9-23/h10-11,13,15,23H,4-9,12H2,1-3H3/t13-,15+/m0/s1. The SMILES string of the molecule is COc1cc(N2C(=O)C[C@@H](N3CCCC[C@H]3CCO)C2=O)cc(OC)c1OC. The van der Waals surface area contributed by atoms with Gasteiger partial charge in [-0.15, -0.1) is 0 Å². The summed E-state index contributed by atoms with van der Waals surface area (Å²) in [5.74, 6) is 0.680. The van der Waals surface area contributed by atoms with Gasteiger partial charge in [0.25, 0.3) is 5.91 Å². The summed E-state index contributed by atoms with van der Waals surface area (Å²) in [5.41, 5.74) is 0.405. The Bertz CT molecular complexity index is 710. The van der Waals surface area contributed by atoms with E-state index in [-0.39, 0.29) is 30.9 Å². The van der Waals surface area contributed by atoms with Gasteiger partial charge in [-0.05, 0) is 25.8 Å². The first-order chi connectivity index (χ1) is 13.5. The highest BCUT2D eigenvalue weighted by Gasteiger charge is 2.45. The minimum absolute atomic E-state index is 0.0760. The Morgan fingerprint density at radius 3 is 2.32 bits per heavy atom. The Balaban J connectivity index is 1.91. The number of anilines is 1. The van der Waals surface area contributed by atoms with Crippen molar-refractivity contribution >= 4 is 17.5 Å². The first kappa shape index (κ1) is 20.4. The average Bonchev–Trinajstić information content (AvgIpc) is 3.01. The predicted molar refractivity (Wildman–Crippen MR) is 103 cm³/mol. The molecule has 0 unspecified atom stereocenters. The first-order valence-corrected chi connectivity index (χ1v) is 9.59. The summed E-state index contributed by atoms with van der Waals surface area (Å²) in [5, 5.41) is 9.36. The molecule has 0 spiro atoms. The van der Waals surface area contributed by atoms with Gasteiger partial charge in [-0.25, -0.2) is 4.90 Å². The lowest BCUT2D eigenvalue weighted by Crippen LogP contribution is -2.50. The van der Waals surface area contributed by atoms with Gasteiger partial charge in [0.2, 0.25) is 11.7 Å². The van der Waals surface area contributed by atoms with E-state index >= 15 is 0 Å². The zero-order valence-corrected chi connectivity index (χ0v) is 16.6. The van der Waals surface area contributed by atoms with Crippen LogP contribution in [0, 0.1) is 0 Å². The Labute approximate surface area is 165 Å². The zero-order valence-electron chi connectivity index (χ0n) is 16.6. The number of likely N-dealkylation sites (tertiary alicyclic amines) is 1. The van der Waals surface area contributed by atoms with E-state index < -0.39 is 6.04 Å². The average molecular weight is 392 g/mol. The third-order valence-electron chi connectivity index (χ3n) is 5.57. The van der Waals surface area contributed by atoms with Gasteiger partial charge in [-0.2, -0.15) is 0 Å². The Hall–Kier alpha value is -2.32. The van der Waals surface area contributed by atoms with Crippen LogP contribution in [0.1, 0.15) is 32.1 Å². The van der Waals surface area contributed by atoms with Crippen molar-refractivity contribution < 1.29 is 28.9 Å². The Kier molecular flexibility index (Phi) is 6.41. The van der Waals surface area contributed by atoms with E-state index in [2.05, 4.69) is 4.90 Å². The molecule has 2 saturated heterocycles. The molecule has 2 fully saturated rings. The lowest BCUT2D eigenvalue weighted by atomic mass is 9.97. The number of methoxy groups -OCH3 is 3. The largest absolute Gasteiger partial charge is 0.493 e. The van der Waals surface area contributed by atoms with Crippen LogP contribution in [-0.4, -0.2) is 68.4 Å². The summed E-state index contributed by atoms with van der Waals surface area (Å²) in [7, 11) is 4.48. The molecule has 0 radical (unpaired) electrons. The second-order valence-electron chi connectivity index (χ2n) is 7.07. The van der Waals surface area contributed by atoms with Gasteiger partial charge in [-0.1, -0.05) is 6.42 Å². The van der Waals surface area contributed by atoms with Crippen molar-refractivity contribution in [3.63, 3.8) is 0 Å². The van der Waals surface area contributed by atoms with E-state index in [1.807, 2.05) is 0 Å². The lowest BCUT2D eigenvalue weighted by Gasteiger charge is -2.38. The van der Waals surface area contributed by atoms with Crippen molar-refractivity contribution in [1.82, 2.24) is 4.90 Å². The number of nitrogens with zero attached hydrogens (tertiary/aromatic N) is 2. The molecule has 0 saturated carbocycles. The summed E-state index contributed by atoms with van der Waals surface area (Å²) in [4.78, 5) is 29.3. The third kappa shape index (κ3) is 3.66. The van der Waals surface area contributed by atoms with Crippen LogP contribution in [0.4, 0.5) is 5.69 Å². The van der Waals surface area contributed by atoms with Crippen LogP contribution in [0.15, 0.2) is 12.1 Å². The van der Waals surface area contributed by atoms with E-state index in [4.69, 9.17) is 14.2 Å². The molecule has 2 aliphatic heterocycles. The van der Waals surface area contributed by atoms with Crippen LogP contribution in [0.3, 0.4) is 0 Å². The number of hydrogen-bond acceptors (Lipinski definition) is 7. The Morgan fingerprint density at radius 2 is 1.75 bits per heavy atom. The molecule has 1 aromatic rings. The fourth-order valence-electron chi connectivity index (χ4n) is 4.23. The highest BCUT2D eigenvalue weighted by atomic mass is 16.5. The van der Waals surface area contributed by atoms with E-state index in [9.17, 15) is 14.7 Å². The second kappa shape index (κ2) is 8.79. The van der Waals surface area contributed by atoms with Gasteiger partial charge in [-0.3, -0.25) is 14.5 Å². The van der Waals surface area contributed by atoms with Crippen LogP contribution >= 0.6 is 0 Å². The van der Waals surface area contributed by atoms with Crippen LogP contribution in [-0.2, 0) is 9.59 Å². The summed E-state index contributed by atoms with van der Waals surface area (Å²) in [6.07, 6.45) is 3.75. The van der Waals surface area contributed by atoms with E-state index in [1.165, 1.54) is 26.2 Å². The molecule has 3 rings (SSSR count). The summed E-state index contributed by atoms with van der Waals surface area (Å²) < 4.78 is 16.0. The van der Waals surface area contributed by atoms with Crippen molar-refractivity contribution in [3.8, 4) is 17.2 Å². The van der Waals surface area contributed by atoms with Crippen molar-refractivity contribution in [2.45, 2.75) is 44.2 Å². The molecule has 1 aromatic carbocycles. The van der Waals surface area contributed by atoms with Crippen molar-refractivity contribution in [3.05, 3.63) is 12.1 Å². The van der Waals surface area contributed by atoms with Gasteiger partial charge < -0.3 is 19.3 Å². The summed E-state index contributed by atoms with van der Waals surface area (Å²) in [6, 6.07) is 2.85. The molecule has 28 heavy (non-hydrogen) atoms. The monoisotopic (exact) mass is 392 g/mol. The molecule has 1 N–H and O–H groups in total. The number of ether oxygens (including phenoxy) is 3. The molecule has 2 atom stereocenters. The summed E-state index contributed by atoms with van der Waals surface area (Å²) in [6.45, 7) is 0.837. The first-order valence-electron chi connectivity index (χ1n) is 9.59. The molecule has 0 aromatic heterocycles. The Morgan fingerprint density at radius 1 is 1.07 bits per heavy atom. The number of benzene rings is 1. The topological polar surface area (TPSA) is 88.5 Å². The highest BCUT2D eigenvalue weighted by molar-refractivity contribution is 6.22. The maximum absolute atomic E-state index is 13.2. The minimum atomic E-state index is -0.497. The van der Waals surface area contributed by atoms with E-state index in [1.54, 1.807) is 12.1 Å². The van der Waals surface area contributed by atoms with Gasteiger partial charge in [0.15, 0.2) is 11.5 Å². The normalized spacial score (nSPS) is 23.2. The third-order valence-corrected chi connectivity index (χ3v) is 5.57. The van der Waals surface area contributed by atoms with Gasteiger partial charge in [0, 0.05) is 24.8 Å². The van der Waals surface area contributed by atoms with E-state index in [0.717, 1.165) is 25.8 Å². The van der Waals surface area contributed by atoms with Gasteiger partial charge in [0.05, 0.1) is 39.5 Å². The van der Waals surface area contributed by atoms with E-state index in [0.29, 0.717) is 29.4 Å². The second-order valence-corrected chi connectivity index (χ2v) is 7.07. The number of aliphatic hydroxyl groups excluding tert-OH is 1. The molecule has 8 nitrogen and oxygen atoms in total. The quantitative estimate of drug-likeness (QED) is 0.705. The molecule has 0 bridgehead atoms. The number of rotatable bonds is 7. The number of carbonyl (C=O) groups is 2. The van der Waals surface area contributed by atoms with Crippen molar-refractivity contribution in [2.75, 3.05) is 39.4 Å². The number of imide groups is 1. The zero-order chi connectivity index (χ0) is 20.3. The maximum atomic E-state index is 13.2. The number of amides is 2. The van der Waals surface area contributed by atoms with Crippen molar-refractivity contribution in [1.29, 1.82) is 0 Å². The molecule has 2 heterocycles. The van der Waals surface area contributed by atoms with Crippen LogP contribution < -0.4 is 19.1 Å². The van der Waals surface area contributed by atoms with Crippen LogP contribution in [0.5, 0.6) is 17.2 Å². The fourth-order valence-corrected chi connectivity index (χ4v) is 4.23. The number of hydrogen-bond donors (Lipinski definition) is 1. The number of piperidine rings is 1. The molecule has 154 valence electrons. The number of carbonyl (C=O) groups excluding carboxylic acids is 2. The fraction of sp³-hybridized carbons (Fsp3) is 0.600. The minimum Gasteiger partial charge on any atom is -0.493 e. The lowest BCUT2D eigenvalue weighted by molar-refractivity contribution is -0.123. The predicted octanol–water partition coefficient (Wildman–Crippen LogP) is 1.58. The molecular formula is C20H28N2O6.